The molecule has 0 atom stereocenters. The molecule has 4 aromatic rings. The van der Waals surface area contributed by atoms with Crippen LogP contribution in [0.4, 0.5) is 0 Å². The maximum Gasteiger partial charge on any atom is 0.274 e. The van der Waals surface area contributed by atoms with Crippen LogP contribution < -0.4 is 0 Å². The summed E-state index contributed by atoms with van der Waals surface area (Å²) in [6.07, 6.45) is 0.932. The zero-order chi connectivity index (χ0) is 20.4. The van der Waals surface area contributed by atoms with Crippen molar-refractivity contribution in [3.05, 3.63) is 71.0 Å². The topological polar surface area (TPSA) is 75.0 Å². The Morgan fingerprint density at radius 2 is 1.83 bits per heavy atom. The molecule has 0 unspecified atom stereocenters. The van der Waals surface area contributed by atoms with Crippen LogP contribution >= 0.6 is 0 Å². The van der Waals surface area contributed by atoms with E-state index in [1.165, 1.54) is 11.1 Å². The molecule has 2 aromatic carbocycles. The van der Waals surface area contributed by atoms with Gasteiger partial charge >= 0.3 is 0 Å². The van der Waals surface area contributed by atoms with Gasteiger partial charge in [-0.2, -0.15) is 4.98 Å². The Kier molecular flexibility index (Phi) is 5.16. The van der Waals surface area contributed by atoms with Gasteiger partial charge in [-0.05, 0) is 37.6 Å². The standard InChI is InChI=1S/C23H24N4O2/c1-15-4-7-17(8-5-15)13-22(28)27(3)11-10-21-25-23(29-26-21)20-14-18-12-16(2)6-9-19(18)24-20/h4-9,12,14,24H,10-11,13H2,1-3H3. The van der Waals surface area contributed by atoms with E-state index in [4.69, 9.17) is 4.52 Å². The number of hydrogen-bond acceptors (Lipinski definition) is 4. The van der Waals surface area contributed by atoms with Crippen LogP contribution in [0, 0.1) is 13.8 Å². The molecule has 2 aromatic heterocycles. The molecule has 4 rings (SSSR count). The Labute approximate surface area is 169 Å². The van der Waals surface area contributed by atoms with Gasteiger partial charge in [0.05, 0.1) is 6.42 Å². The fraction of sp³-hybridized carbons (Fsp3) is 0.261. The SMILES string of the molecule is Cc1ccc(CC(=O)N(C)CCc2noc(-c3cc4cc(C)ccc4[nH]3)n2)cc1. The lowest BCUT2D eigenvalue weighted by Gasteiger charge is -2.16. The molecule has 148 valence electrons. The highest BCUT2D eigenvalue weighted by Crippen LogP contribution is 2.23. The number of benzene rings is 2. The van der Waals surface area contributed by atoms with Crippen LogP contribution in [0.3, 0.4) is 0 Å². The van der Waals surface area contributed by atoms with E-state index in [9.17, 15) is 4.79 Å². The highest BCUT2D eigenvalue weighted by molar-refractivity contribution is 5.85. The van der Waals surface area contributed by atoms with Crippen molar-refractivity contribution in [3.63, 3.8) is 0 Å². The normalized spacial score (nSPS) is 11.1. The quantitative estimate of drug-likeness (QED) is 0.540. The van der Waals surface area contributed by atoms with Crippen LogP contribution in [0.1, 0.15) is 22.5 Å². The highest BCUT2D eigenvalue weighted by atomic mass is 16.5. The van der Waals surface area contributed by atoms with Crippen LogP contribution in [-0.2, 0) is 17.6 Å². The van der Waals surface area contributed by atoms with Crippen molar-refractivity contribution >= 4 is 16.8 Å². The van der Waals surface area contributed by atoms with Crippen molar-refractivity contribution in [1.29, 1.82) is 0 Å². The molecule has 6 heteroatoms. The smallest absolute Gasteiger partial charge is 0.274 e. The summed E-state index contributed by atoms with van der Waals surface area (Å²) in [7, 11) is 1.80. The van der Waals surface area contributed by atoms with Crippen LogP contribution in [0.5, 0.6) is 0 Å². The van der Waals surface area contributed by atoms with E-state index in [0.29, 0.717) is 31.1 Å². The number of H-pyrrole nitrogens is 1. The largest absolute Gasteiger partial charge is 0.351 e. The third kappa shape index (κ3) is 4.37. The van der Waals surface area contributed by atoms with Crippen molar-refractivity contribution < 1.29 is 9.32 Å². The average Bonchev–Trinajstić information content (AvgIpc) is 3.34. The summed E-state index contributed by atoms with van der Waals surface area (Å²) in [5, 5.41) is 5.17. The number of nitrogens with zero attached hydrogens (tertiary/aromatic N) is 3. The predicted molar refractivity (Wildman–Crippen MR) is 113 cm³/mol. The third-order valence-electron chi connectivity index (χ3n) is 5.05. The Hall–Kier alpha value is -3.41. The zero-order valence-corrected chi connectivity index (χ0v) is 16.9. The molecule has 2 heterocycles. The number of aryl methyl sites for hydroxylation is 2. The number of rotatable bonds is 6. The number of nitrogens with one attached hydrogen (secondary N) is 1. The molecule has 0 fully saturated rings. The Bertz CT molecular complexity index is 1140. The first-order valence-electron chi connectivity index (χ1n) is 9.70. The molecule has 29 heavy (non-hydrogen) atoms. The second kappa shape index (κ2) is 7.91. The van der Waals surface area contributed by atoms with Gasteiger partial charge in [-0.1, -0.05) is 46.6 Å². The molecule has 0 aliphatic rings. The molecular formula is C23H24N4O2. The summed E-state index contributed by atoms with van der Waals surface area (Å²) in [4.78, 5) is 21.9. The number of carbonyl (C=O) groups excluding carboxylic acids is 1. The number of fused-ring (bicyclic) bond motifs is 1. The Morgan fingerprint density at radius 3 is 2.62 bits per heavy atom. The first-order valence-corrected chi connectivity index (χ1v) is 9.70. The summed E-state index contributed by atoms with van der Waals surface area (Å²) >= 11 is 0. The summed E-state index contributed by atoms with van der Waals surface area (Å²) in [5.41, 5.74) is 5.24. The summed E-state index contributed by atoms with van der Waals surface area (Å²) in [6.45, 7) is 4.64. The van der Waals surface area contributed by atoms with Gasteiger partial charge in [-0.3, -0.25) is 4.79 Å². The lowest BCUT2D eigenvalue weighted by molar-refractivity contribution is -0.129. The van der Waals surface area contributed by atoms with E-state index in [2.05, 4.69) is 34.2 Å². The summed E-state index contributed by atoms with van der Waals surface area (Å²) in [6, 6.07) is 16.3. The van der Waals surface area contributed by atoms with E-state index in [-0.39, 0.29) is 5.91 Å². The van der Waals surface area contributed by atoms with Gasteiger partial charge in [0.2, 0.25) is 5.91 Å². The first kappa shape index (κ1) is 18.9. The number of aromatic nitrogens is 3. The van der Waals surface area contributed by atoms with Crippen molar-refractivity contribution in [2.45, 2.75) is 26.7 Å². The molecule has 0 saturated heterocycles. The van der Waals surface area contributed by atoms with Gasteiger partial charge in [-0.15, -0.1) is 0 Å². The van der Waals surface area contributed by atoms with Crippen molar-refractivity contribution in [2.75, 3.05) is 13.6 Å². The maximum absolute atomic E-state index is 12.4. The number of hydrogen-bond donors (Lipinski definition) is 1. The van der Waals surface area contributed by atoms with E-state index >= 15 is 0 Å². The predicted octanol–water partition coefficient (Wildman–Crippen LogP) is 4.08. The molecule has 0 saturated carbocycles. The zero-order valence-electron chi connectivity index (χ0n) is 16.9. The minimum Gasteiger partial charge on any atom is -0.351 e. The summed E-state index contributed by atoms with van der Waals surface area (Å²) in [5.74, 6) is 1.12. The number of carbonyl (C=O) groups is 1. The fourth-order valence-corrected chi connectivity index (χ4v) is 3.24. The van der Waals surface area contributed by atoms with Crippen LogP contribution in [0.15, 0.2) is 53.1 Å². The molecule has 0 aliphatic carbocycles. The van der Waals surface area contributed by atoms with Crippen molar-refractivity contribution in [3.8, 4) is 11.6 Å². The fourth-order valence-electron chi connectivity index (χ4n) is 3.24. The van der Waals surface area contributed by atoms with E-state index in [0.717, 1.165) is 22.2 Å². The van der Waals surface area contributed by atoms with Gasteiger partial charge in [0, 0.05) is 30.9 Å². The molecule has 0 bridgehead atoms. The molecule has 0 radical (unpaired) electrons. The minimum atomic E-state index is 0.0727. The highest BCUT2D eigenvalue weighted by Gasteiger charge is 2.14. The average molecular weight is 388 g/mol. The van der Waals surface area contributed by atoms with Gasteiger partial charge in [0.25, 0.3) is 5.89 Å². The van der Waals surface area contributed by atoms with Crippen molar-refractivity contribution in [2.24, 2.45) is 0 Å². The van der Waals surface area contributed by atoms with E-state index in [1.807, 2.05) is 43.3 Å². The van der Waals surface area contributed by atoms with E-state index < -0.39 is 0 Å². The van der Waals surface area contributed by atoms with Gasteiger partial charge < -0.3 is 14.4 Å². The maximum atomic E-state index is 12.4. The first-order chi connectivity index (χ1) is 14.0. The third-order valence-corrected chi connectivity index (χ3v) is 5.05. The number of amides is 1. The van der Waals surface area contributed by atoms with Crippen LogP contribution in [-0.4, -0.2) is 39.5 Å². The molecule has 1 N–H and O–H groups in total. The second-order valence-corrected chi connectivity index (χ2v) is 7.52. The molecule has 0 spiro atoms. The lowest BCUT2D eigenvalue weighted by Crippen LogP contribution is -2.30. The number of aromatic amines is 1. The lowest BCUT2D eigenvalue weighted by atomic mass is 10.1. The van der Waals surface area contributed by atoms with Gasteiger partial charge in [-0.25, -0.2) is 0 Å². The second-order valence-electron chi connectivity index (χ2n) is 7.52. The van der Waals surface area contributed by atoms with Crippen LogP contribution in [0.25, 0.3) is 22.5 Å². The number of likely N-dealkylation sites (N-methyl/N-ethyl adjacent to an activating group) is 1. The monoisotopic (exact) mass is 388 g/mol. The van der Waals surface area contributed by atoms with Crippen LogP contribution in [0.2, 0.25) is 0 Å². The molecule has 6 nitrogen and oxygen atoms in total. The van der Waals surface area contributed by atoms with Gasteiger partial charge in [0.1, 0.15) is 5.69 Å². The van der Waals surface area contributed by atoms with E-state index in [1.54, 1.807) is 11.9 Å². The molecule has 0 aliphatic heterocycles. The minimum absolute atomic E-state index is 0.0727. The Balaban J connectivity index is 1.37. The molecule has 1 amide bonds. The molecular weight excluding hydrogens is 364 g/mol. The van der Waals surface area contributed by atoms with Crippen molar-refractivity contribution in [1.82, 2.24) is 20.0 Å². The Morgan fingerprint density at radius 1 is 1.07 bits per heavy atom. The van der Waals surface area contributed by atoms with Gasteiger partial charge in [0.15, 0.2) is 5.82 Å². The summed E-state index contributed by atoms with van der Waals surface area (Å²) < 4.78 is 5.41.